The van der Waals surface area contributed by atoms with E-state index in [9.17, 15) is 9.18 Å². The van der Waals surface area contributed by atoms with Gasteiger partial charge in [-0.2, -0.15) is 4.99 Å². The molecule has 2 aromatic carbocycles. The molecule has 1 heterocycles. The van der Waals surface area contributed by atoms with Gasteiger partial charge in [-0.25, -0.2) is 4.39 Å². The Labute approximate surface area is 224 Å². The summed E-state index contributed by atoms with van der Waals surface area (Å²) in [5.74, 6) is 0.661. The number of allylic oxidation sites excluding steroid dienone is 1. The van der Waals surface area contributed by atoms with Gasteiger partial charge in [0.15, 0.2) is 0 Å². The summed E-state index contributed by atoms with van der Waals surface area (Å²) in [6.45, 7) is 8.97. The van der Waals surface area contributed by atoms with Crippen LogP contribution < -0.4 is 15.4 Å². The van der Waals surface area contributed by atoms with Crippen molar-refractivity contribution in [3.05, 3.63) is 90.2 Å². The van der Waals surface area contributed by atoms with Crippen molar-refractivity contribution in [2.75, 3.05) is 32.3 Å². The van der Waals surface area contributed by atoms with Crippen molar-refractivity contribution in [2.45, 2.75) is 38.6 Å². The molecule has 1 aliphatic heterocycles. The first-order valence-electron chi connectivity index (χ1n) is 12.6. The maximum Gasteiger partial charge on any atom is 0.250 e. The van der Waals surface area contributed by atoms with Crippen molar-refractivity contribution in [3.63, 3.8) is 0 Å². The normalized spacial score (nSPS) is 18.0. The first-order valence-corrected chi connectivity index (χ1v) is 12.6. The number of methoxy groups -OCH3 is 2. The van der Waals surface area contributed by atoms with Crippen LogP contribution in [0.1, 0.15) is 44.2 Å². The van der Waals surface area contributed by atoms with Crippen LogP contribution in [0.4, 0.5) is 10.1 Å². The zero-order valence-electron chi connectivity index (χ0n) is 22.6. The number of anilines is 1. The van der Waals surface area contributed by atoms with Gasteiger partial charge in [0, 0.05) is 38.4 Å². The Morgan fingerprint density at radius 2 is 1.95 bits per heavy atom. The average molecular weight is 521 g/mol. The molecule has 0 aliphatic carbocycles. The van der Waals surface area contributed by atoms with Crippen LogP contribution in [0.25, 0.3) is 6.08 Å². The number of carbonyl (C=O) groups is 1. The summed E-state index contributed by atoms with van der Waals surface area (Å²) in [6, 6.07) is 12.1. The number of benzene rings is 2. The summed E-state index contributed by atoms with van der Waals surface area (Å²) < 4.78 is 24.5. The first kappa shape index (κ1) is 28.7. The van der Waals surface area contributed by atoms with Crippen LogP contribution in [-0.2, 0) is 15.1 Å². The minimum absolute atomic E-state index is 0.203. The molecule has 38 heavy (non-hydrogen) atoms. The van der Waals surface area contributed by atoms with E-state index in [4.69, 9.17) is 15.2 Å². The number of unbranched alkanes of at least 4 members (excludes halogenated alkanes) is 1. The quantitative estimate of drug-likeness (QED) is 0.368. The topological polar surface area (TPSA) is 80.4 Å². The van der Waals surface area contributed by atoms with Gasteiger partial charge in [0.2, 0.25) is 5.91 Å². The van der Waals surface area contributed by atoms with Gasteiger partial charge in [-0.05, 0) is 68.2 Å². The Morgan fingerprint density at radius 3 is 2.58 bits per heavy atom. The molecule has 0 fully saturated rings. The average Bonchev–Trinajstić information content (AvgIpc) is 2.89. The fourth-order valence-corrected chi connectivity index (χ4v) is 4.56. The highest BCUT2D eigenvalue weighted by Gasteiger charge is 2.40. The SMILES string of the molecule is C=CN(/C=C(/C)N)c1ccc(/C=C/C2=NC(=O)CC(C)(c3ccc(F)cc3)N2CCCCOC)cc1OC. The highest BCUT2D eigenvalue weighted by Crippen LogP contribution is 2.37. The molecule has 1 unspecified atom stereocenters. The minimum Gasteiger partial charge on any atom is -0.495 e. The summed E-state index contributed by atoms with van der Waals surface area (Å²) in [4.78, 5) is 21.1. The number of nitrogens with zero attached hydrogens (tertiary/aromatic N) is 3. The zero-order valence-corrected chi connectivity index (χ0v) is 22.6. The molecule has 2 N–H and O–H groups in total. The van der Waals surface area contributed by atoms with E-state index >= 15 is 0 Å². The van der Waals surface area contributed by atoms with Gasteiger partial charge >= 0.3 is 0 Å². The molecular formula is C30H37FN4O3. The van der Waals surface area contributed by atoms with Crippen LogP contribution in [0, 0.1) is 5.82 Å². The highest BCUT2D eigenvalue weighted by atomic mass is 19.1. The van der Waals surface area contributed by atoms with Crippen LogP contribution in [0.2, 0.25) is 0 Å². The summed E-state index contributed by atoms with van der Waals surface area (Å²) in [6.07, 6.45) is 9.09. The predicted octanol–water partition coefficient (Wildman–Crippen LogP) is 5.59. The smallest absolute Gasteiger partial charge is 0.250 e. The number of aliphatic imine (C=N–C) groups is 1. The second-order valence-corrected chi connectivity index (χ2v) is 9.40. The molecule has 2 aromatic rings. The van der Waals surface area contributed by atoms with E-state index in [1.807, 2.05) is 37.3 Å². The Morgan fingerprint density at radius 1 is 1.21 bits per heavy atom. The van der Waals surface area contributed by atoms with E-state index in [1.165, 1.54) is 12.1 Å². The second kappa shape index (κ2) is 13.1. The fraction of sp³-hybridized carbons (Fsp3) is 0.333. The Hall–Kier alpha value is -3.91. The van der Waals surface area contributed by atoms with Crippen LogP contribution in [-0.4, -0.2) is 44.0 Å². The fourth-order valence-electron chi connectivity index (χ4n) is 4.56. The molecule has 0 spiro atoms. The zero-order chi connectivity index (χ0) is 27.7. The van der Waals surface area contributed by atoms with Crippen molar-refractivity contribution in [3.8, 4) is 5.75 Å². The van der Waals surface area contributed by atoms with Crippen LogP contribution in [0.5, 0.6) is 5.75 Å². The summed E-state index contributed by atoms with van der Waals surface area (Å²) in [5.41, 5.74) is 8.33. The Balaban J connectivity index is 1.96. The van der Waals surface area contributed by atoms with Crippen molar-refractivity contribution in [1.29, 1.82) is 0 Å². The number of amidine groups is 1. The molecular weight excluding hydrogens is 483 g/mol. The van der Waals surface area contributed by atoms with E-state index in [1.54, 1.807) is 50.6 Å². The molecule has 1 amide bonds. The summed E-state index contributed by atoms with van der Waals surface area (Å²) >= 11 is 0. The molecule has 202 valence electrons. The predicted molar refractivity (Wildman–Crippen MR) is 151 cm³/mol. The summed E-state index contributed by atoms with van der Waals surface area (Å²) in [7, 11) is 3.28. The highest BCUT2D eigenvalue weighted by molar-refractivity contribution is 6.06. The first-order chi connectivity index (χ1) is 18.2. The third kappa shape index (κ3) is 6.89. The van der Waals surface area contributed by atoms with Crippen LogP contribution in [0.3, 0.4) is 0 Å². The number of carbonyl (C=O) groups excluding carboxylic acids is 1. The van der Waals surface area contributed by atoms with Gasteiger partial charge in [0.25, 0.3) is 0 Å². The van der Waals surface area contributed by atoms with Gasteiger partial charge in [-0.15, -0.1) is 0 Å². The Kier molecular flexibility index (Phi) is 9.85. The molecule has 0 saturated carbocycles. The number of hydrogen-bond donors (Lipinski definition) is 1. The number of halogens is 1. The van der Waals surface area contributed by atoms with Crippen molar-refractivity contribution in [1.82, 2.24) is 4.90 Å². The monoisotopic (exact) mass is 520 g/mol. The number of nitrogens with two attached hydrogens (primary N) is 1. The van der Waals surface area contributed by atoms with E-state index < -0.39 is 5.54 Å². The summed E-state index contributed by atoms with van der Waals surface area (Å²) in [5, 5.41) is 0. The molecule has 8 heteroatoms. The molecule has 1 aliphatic rings. The van der Waals surface area contributed by atoms with Gasteiger partial charge in [-0.1, -0.05) is 30.9 Å². The lowest BCUT2D eigenvalue weighted by Crippen LogP contribution is -2.51. The van der Waals surface area contributed by atoms with E-state index in [2.05, 4.69) is 16.5 Å². The minimum atomic E-state index is -0.669. The molecule has 1 atom stereocenters. The molecule has 0 radical (unpaired) electrons. The number of ether oxygens (including phenoxy) is 2. The number of amides is 1. The number of rotatable bonds is 12. The molecule has 0 bridgehead atoms. The molecule has 7 nitrogen and oxygen atoms in total. The lowest BCUT2D eigenvalue weighted by atomic mass is 9.84. The van der Waals surface area contributed by atoms with Gasteiger partial charge in [0.1, 0.15) is 17.4 Å². The van der Waals surface area contributed by atoms with Gasteiger partial charge in [-0.3, -0.25) is 4.79 Å². The van der Waals surface area contributed by atoms with Crippen LogP contribution in [0.15, 0.2) is 78.2 Å². The lowest BCUT2D eigenvalue weighted by molar-refractivity contribution is -0.121. The van der Waals surface area contributed by atoms with E-state index in [0.717, 1.165) is 29.7 Å². The standard InChI is InChI=1S/C30H37FN4O3/c1-6-34(21-22(2)32)26-15-9-23(19-27(26)38-5)10-16-28-33-29(36)20-30(3,24-11-13-25(31)14-12-24)35(28)17-7-8-18-37-4/h6,9-16,19,21H,1,7-8,17-18,20,32H2,2-5H3/b16-10+,22-21-. The van der Waals surface area contributed by atoms with Gasteiger partial charge in [0.05, 0.1) is 24.8 Å². The van der Waals surface area contributed by atoms with Gasteiger partial charge < -0.3 is 25.0 Å². The molecule has 3 rings (SSSR count). The third-order valence-corrected chi connectivity index (χ3v) is 6.50. The van der Waals surface area contributed by atoms with Crippen molar-refractivity contribution < 1.29 is 18.7 Å². The third-order valence-electron chi connectivity index (χ3n) is 6.50. The van der Waals surface area contributed by atoms with Crippen molar-refractivity contribution >= 4 is 23.5 Å². The van der Waals surface area contributed by atoms with Crippen LogP contribution >= 0.6 is 0 Å². The van der Waals surface area contributed by atoms with E-state index in [-0.39, 0.29) is 18.1 Å². The maximum absolute atomic E-state index is 13.7. The molecule has 0 aromatic heterocycles. The largest absolute Gasteiger partial charge is 0.495 e. The number of hydrogen-bond acceptors (Lipinski definition) is 6. The lowest BCUT2D eigenvalue weighted by Gasteiger charge is -2.45. The van der Waals surface area contributed by atoms with E-state index in [0.29, 0.717) is 30.4 Å². The maximum atomic E-state index is 13.7. The Bertz CT molecular complexity index is 1220. The molecule has 0 saturated heterocycles. The van der Waals surface area contributed by atoms with Crippen molar-refractivity contribution in [2.24, 2.45) is 10.7 Å². The second-order valence-electron chi connectivity index (χ2n) is 9.40.